The van der Waals surface area contributed by atoms with E-state index in [1.165, 1.54) is 12.0 Å². The van der Waals surface area contributed by atoms with E-state index in [1.54, 1.807) is 48.5 Å². The van der Waals surface area contributed by atoms with Gasteiger partial charge in [-0.1, -0.05) is 25.5 Å². The molecule has 0 saturated carbocycles. The number of amides is 2. The third-order valence-electron chi connectivity index (χ3n) is 5.32. The maximum Gasteiger partial charge on any atom is 0.338 e. The summed E-state index contributed by atoms with van der Waals surface area (Å²) in [5.41, 5.74) is 1.41. The molecule has 9 heteroatoms. The van der Waals surface area contributed by atoms with Crippen LogP contribution in [0, 0.1) is 5.92 Å². The molecule has 0 aliphatic carbocycles. The average Bonchev–Trinajstić information content (AvgIpc) is 3.24. The van der Waals surface area contributed by atoms with Gasteiger partial charge in [-0.3, -0.25) is 14.4 Å². The van der Waals surface area contributed by atoms with Crippen LogP contribution in [-0.4, -0.2) is 50.6 Å². The Morgan fingerprint density at radius 3 is 2.50 bits per heavy atom. The molecule has 1 fully saturated rings. The van der Waals surface area contributed by atoms with Gasteiger partial charge in [-0.2, -0.15) is 0 Å². The van der Waals surface area contributed by atoms with Gasteiger partial charge in [0.1, 0.15) is 5.75 Å². The van der Waals surface area contributed by atoms with Gasteiger partial charge in [0.05, 0.1) is 30.9 Å². The molecule has 0 bridgehead atoms. The van der Waals surface area contributed by atoms with Gasteiger partial charge in [-0.25, -0.2) is 4.79 Å². The molecule has 3 rings (SSSR count). The zero-order chi connectivity index (χ0) is 24.5. The van der Waals surface area contributed by atoms with E-state index in [4.69, 9.17) is 14.2 Å². The Balaban J connectivity index is 1.47. The highest BCUT2D eigenvalue weighted by atomic mass is 16.5. The Bertz CT molecular complexity index is 1040. The first kappa shape index (κ1) is 24.8. The van der Waals surface area contributed by atoms with Crippen molar-refractivity contribution in [2.24, 2.45) is 5.92 Å². The van der Waals surface area contributed by atoms with Crippen molar-refractivity contribution in [3.8, 4) is 5.75 Å². The smallest absolute Gasteiger partial charge is 0.338 e. The maximum atomic E-state index is 12.4. The Morgan fingerprint density at radius 1 is 1.06 bits per heavy atom. The number of esters is 2. The zero-order valence-electron chi connectivity index (χ0n) is 19.2. The van der Waals surface area contributed by atoms with Crippen LogP contribution in [0.2, 0.25) is 0 Å². The molecule has 0 unspecified atom stereocenters. The largest absolute Gasteiger partial charge is 0.495 e. The van der Waals surface area contributed by atoms with Crippen LogP contribution >= 0.6 is 0 Å². The molecule has 1 heterocycles. The molecule has 9 nitrogen and oxygen atoms in total. The molecule has 0 radical (unpaired) electrons. The van der Waals surface area contributed by atoms with Gasteiger partial charge < -0.3 is 24.4 Å². The summed E-state index contributed by atoms with van der Waals surface area (Å²) in [6.45, 7) is 2.03. The van der Waals surface area contributed by atoms with Crippen LogP contribution in [0.5, 0.6) is 5.75 Å². The number of hydrogen-bond acceptors (Lipinski definition) is 7. The van der Waals surface area contributed by atoms with E-state index in [0.29, 0.717) is 29.3 Å². The molecule has 2 amide bonds. The number of nitrogens with one attached hydrogen (secondary N) is 1. The molecular weight excluding hydrogens is 440 g/mol. The Kier molecular flexibility index (Phi) is 8.61. The Labute approximate surface area is 198 Å². The lowest BCUT2D eigenvalue weighted by atomic mass is 10.1. The topological polar surface area (TPSA) is 111 Å². The Morgan fingerprint density at radius 2 is 1.79 bits per heavy atom. The third kappa shape index (κ3) is 6.34. The predicted molar refractivity (Wildman–Crippen MR) is 125 cm³/mol. The fourth-order valence-electron chi connectivity index (χ4n) is 3.48. The minimum Gasteiger partial charge on any atom is -0.495 e. The number of carbonyl (C=O) groups excluding carboxylic acids is 4. The lowest BCUT2D eigenvalue weighted by Crippen LogP contribution is -2.28. The number of rotatable bonds is 10. The van der Waals surface area contributed by atoms with Crippen LogP contribution in [0.15, 0.2) is 48.5 Å². The van der Waals surface area contributed by atoms with Crippen LogP contribution in [0.25, 0.3) is 0 Å². The molecule has 2 aromatic carbocycles. The molecule has 34 heavy (non-hydrogen) atoms. The molecule has 1 N–H and O–H groups in total. The number of anilines is 2. The summed E-state index contributed by atoms with van der Waals surface area (Å²) in [6, 6.07) is 13.3. The maximum absolute atomic E-state index is 12.4. The van der Waals surface area contributed by atoms with Gasteiger partial charge in [-0.15, -0.1) is 0 Å². The fraction of sp³-hybridized carbons (Fsp3) is 0.360. The summed E-state index contributed by atoms with van der Waals surface area (Å²) >= 11 is 0. The lowest BCUT2D eigenvalue weighted by Gasteiger charge is -2.19. The van der Waals surface area contributed by atoms with Gasteiger partial charge in [0.15, 0.2) is 6.61 Å². The van der Waals surface area contributed by atoms with Crippen LogP contribution in [-0.2, 0) is 23.9 Å². The highest BCUT2D eigenvalue weighted by Crippen LogP contribution is 2.33. The van der Waals surface area contributed by atoms with Crippen molar-refractivity contribution in [1.82, 2.24) is 0 Å². The predicted octanol–water partition coefficient (Wildman–Crippen LogP) is 3.19. The third-order valence-corrected chi connectivity index (χ3v) is 5.32. The van der Waals surface area contributed by atoms with E-state index in [2.05, 4.69) is 5.32 Å². The minimum absolute atomic E-state index is 0.00564. The van der Waals surface area contributed by atoms with E-state index < -0.39 is 30.4 Å². The number of benzene rings is 2. The summed E-state index contributed by atoms with van der Waals surface area (Å²) in [4.78, 5) is 50.5. The lowest BCUT2D eigenvalue weighted by molar-refractivity contribution is -0.151. The van der Waals surface area contributed by atoms with E-state index in [9.17, 15) is 19.2 Å². The summed E-state index contributed by atoms with van der Waals surface area (Å²) < 4.78 is 15.6. The normalized spacial score (nSPS) is 15.1. The van der Waals surface area contributed by atoms with E-state index in [1.807, 2.05) is 6.92 Å². The van der Waals surface area contributed by atoms with Crippen LogP contribution < -0.4 is 15.0 Å². The number of methoxy groups -OCH3 is 1. The number of ether oxygens (including phenoxy) is 3. The quantitative estimate of drug-likeness (QED) is 0.421. The molecule has 1 atom stereocenters. The van der Waals surface area contributed by atoms with Crippen LogP contribution in [0.4, 0.5) is 11.4 Å². The SMILES string of the molecule is CCCCOC(=O)c1ccc(NC(=O)COC(=O)[C@@H]2CC(=O)N(c3ccccc3OC)C2)cc1. The molecular formula is C25H28N2O7. The molecule has 1 aliphatic heterocycles. The number of para-hydroxylation sites is 2. The van der Waals surface area contributed by atoms with Crippen molar-refractivity contribution < 1.29 is 33.4 Å². The molecule has 2 aromatic rings. The number of hydrogen-bond donors (Lipinski definition) is 1. The summed E-state index contributed by atoms with van der Waals surface area (Å²) in [6.07, 6.45) is 1.72. The summed E-state index contributed by atoms with van der Waals surface area (Å²) in [5, 5.41) is 2.60. The fourth-order valence-corrected chi connectivity index (χ4v) is 3.48. The second-order valence-electron chi connectivity index (χ2n) is 7.80. The van der Waals surface area contributed by atoms with Crippen molar-refractivity contribution in [2.75, 3.05) is 37.1 Å². The van der Waals surface area contributed by atoms with E-state index in [0.717, 1.165) is 12.8 Å². The first-order valence-electron chi connectivity index (χ1n) is 11.1. The molecule has 180 valence electrons. The molecule has 1 aliphatic rings. The van der Waals surface area contributed by atoms with E-state index >= 15 is 0 Å². The first-order chi connectivity index (χ1) is 16.4. The molecule has 0 spiro atoms. The van der Waals surface area contributed by atoms with Crippen molar-refractivity contribution in [3.63, 3.8) is 0 Å². The Hall–Kier alpha value is -3.88. The number of nitrogens with zero attached hydrogens (tertiary/aromatic N) is 1. The van der Waals surface area contributed by atoms with Crippen LogP contribution in [0.3, 0.4) is 0 Å². The van der Waals surface area contributed by atoms with Crippen LogP contribution in [0.1, 0.15) is 36.5 Å². The van der Waals surface area contributed by atoms with Gasteiger partial charge >= 0.3 is 11.9 Å². The van der Waals surface area contributed by atoms with Crippen molar-refractivity contribution in [1.29, 1.82) is 0 Å². The summed E-state index contributed by atoms with van der Waals surface area (Å²) in [7, 11) is 1.51. The summed E-state index contributed by atoms with van der Waals surface area (Å²) in [5.74, 6) is -1.94. The van der Waals surface area contributed by atoms with Gasteiger partial charge in [0.2, 0.25) is 5.91 Å². The number of unbranched alkanes of at least 4 members (excludes halogenated alkanes) is 1. The monoisotopic (exact) mass is 468 g/mol. The zero-order valence-corrected chi connectivity index (χ0v) is 19.2. The highest BCUT2D eigenvalue weighted by Gasteiger charge is 2.37. The average molecular weight is 469 g/mol. The van der Waals surface area contributed by atoms with Crippen molar-refractivity contribution in [2.45, 2.75) is 26.2 Å². The van der Waals surface area contributed by atoms with Crippen molar-refractivity contribution in [3.05, 3.63) is 54.1 Å². The first-order valence-corrected chi connectivity index (χ1v) is 11.1. The minimum atomic E-state index is -0.678. The molecule has 1 saturated heterocycles. The number of carbonyl (C=O) groups is 4. The van der Waals surface area contributed by atoms with Gasteiger partial charge in [-0.05, 0) is 42.8 Å². The van der Waals surface area contributed by atoms with Crippen molar-refractivity contribution >= 4 is 35.1 Å². The highest BCUT2D eigenvalue weighted by molar-refractivity contribution is 6.01. The molecule has 0 aromatic heterocycles. The second-order valence-corrected chi connectivity index (χ2v) is 7.80. The van der Waals surface area contributed by atoms with Gasteiger partial charge in [0, 0.05) is 18.7 Å². The van der Waals surface area contributed by atoms with E-state index in [-0.39, 0.29) is 18.9 Å². The standard InChI is InChI=1S/C25H28N2O7/c1-3-4-13-33-24(30)17-9-11-19(12-10-17)26-22(28)16-34-25(31)18-14-23(29)27(15-18)20-7-5-6-8-21(20)32-2/h5-12,18H,3-4,13-16H2,1-2H3,(H,26,28)/t18-/m1/s1. The second kappa shape index (κ2) is 11.8. The van der Waals surface area contributed by atoms with Gasteiger partial charge in [0.25, 0.3) is 5.91 Å².